The van der Waals surface area contributed by atoms with Crippen molar-refractivity contribution in [3.05, 3.63) is 18.7 Å². The van der Waals surface area contributed by atoms with E-state index in [1.54, 1.807) is 6.20 Å². The van der Waals surface area contributed by atoms with E-state index < -0.39 is 9.84 Å². The Balaban J connectivity index is 2.66. The van der Waals surface area contributed by atoms with Crippen molar-refractivity contribution in [1.82, 2.24) is 19.6 Å². The Bertz CT molecular complexity index is 579. The van der Waals surface area contributed by atoms with E-state index in [4.69, 9.17) is 11.6 Å². The number of alkyl halides is 1. The number of rotatable bonds is 3. The molecule has 0 aliphatic heterocycles. The maximum Gasteiger partial charge on any atom is 0.200 e. The topological polar surface area (TPSA) is 77.2 Å². The second kappa shape index (κ2) is 3.74. The van der Waals surface area contributed by atoms with Crippen LogP contribution >= 0.6 is 11.6 Å². The van der Waals surface area contributed by atoms with Crippen LogP contribution in [0.3, 0.4) is 0 Å². The lowest BCUT2D eigenvalue weighted by Gasteiger charge is -2.01. The van der Waals surface area contributed by atoms with Gasteiger partial charge in [0.2, 0.25) is 14.9 Å². The van der Waals surface area contributed by atoms with Crippen molar-refractivity contribution in [1.29, 1.82) is 0 Å². The molecule has 0 atom stereocenters. The number of hydrogen-bond acceptors (Lipinski definition) is 5. The van der Waals surface area contributed by atoms with E-state index in [0.29, 0.717) is 0 Å². The van der Waals surface area contributed by atoms with E-state index in [1.165, 1.54) is 16.9 Å². The van der Waals surface area contributed by atoms with Crippen LogP contribution in [0.2, 0.25) is 0 Å². The zero-order valence-corrected chi connectivity index (χ0v) is 9.11. The SMILES string of the molecule is O=S(=O)(CCCl)c1nccn2cnnc12. The van der Waals surface area contributed by atoms with Crippen LogP contribution in [-0.4, -0.2) is 39.6 Å². The van der Waals surface area contributed by atoms with Gasteiger partial charge in [0.05, 0.1) is 5.75 Å². The van der Waals surface area contributed by atoms with Gasteiger partial charge in [-0.05, 0) is 0 Å². The molecule has 0 fully saturated rings. The van der Waals surface area contributed by atoms with Gasteiger partial charge in [0.25, 0.3) is 0 Å². The van der Waals surface area contributed by atoms with E-state index in [-0.39, 0.29) is 22.3 Å². The van der Waals surface area contributed by atoms with Crippen LogP contribution in [0.5, 0.6) is 0 Å². The molecule has 0 N–H and O–H groups in total. The second-order valence-corrected chi connectivity index (χ2v) is 5.20. The fourth-order valence-corrected chi connectivity index (χ4v) is 2.80. The Labute approximate surface area is 90.8 Å². The van der Waals surface area contributed by atoms with E-state index in [1.807, 2.05) is 0 Å². The highest BCUT2D eigenvalue weighted by Gasteiger charge is 2.20. The Morgan fingerprint density at radius 2 is 2.27 bits per heavy atom. The first-order chi connectivity index (χ1) is 7.15. The quantitative estimate of drug-likeness (QED) is 0.720. The van der Waals surface area contributed by atoms with Gasteiger partial charge < -0.3 is 0 Å². The van der Waals surface area contributed by atoms with Crippen LogP contribution in [0.1, 0.15) is 0 Å². The molecule has 0 spiro atoms. The third-order valence-corrected chi connectivity index (χ3v) is 3.86. The lowest BCUT2D eigenvalue weighted by Crippen LogP contribution is -2.11. The van der Waals surface area contributed by atoms with Crippen LogP contribution in [0.4, 0.5) is 0 Å². The average molecular weight is 247 g/mol. The Morgan fingerprint density at radius 3 is 3.00 bits per heavy atom. The molecule has 0 radical (unpaired) electrons. The highest BCUT2D eigenvalue weighted by Crippen LogP contribution is 2.12. The second-order valence-electron chi connectivity index (χ2n) is 2.80. The Morgan fingerprint density at radius 1 is 1.47 bits per heavy atom. The number of halogens is 1. The zero-order chi connectivity index (χ0) is 10.9. The molecular formula is C7H7ClN4O2S. The summed E-state index contributed by atoms with van der Waals surface area (Å²) in [4.78, 5) is 3.80. The fourth-order valence-electron chi connectivity index (χ4n) is 1.15. The van der Waals surface area contributed by atoms with Crippen LogP contribution in [0, 0.1) is 0 Å². The summed E-state index contributed by atoms with van der Waals surface area (Å²) >= 11 is 5.41. The molecule has 0 unspecified atom stereocenters. The normalized spacial score (nSPS) is 12.1. The number of fused-ring (bicyclic) bond motifs is 1. The van der Waals surface area contributed by atoms with E-state index in [2.05, 4.69) is 15.2 Å². The maximum absolute atomic E-state index is 11.7. The molecule has 2 heterocycles. The van der Waals surface area contributed by atoms with E-state index >= 15 is 0 Å². The molecule has 6 nitrogen and oxygen atoms in total. The maximum atomic E-state index is 11.7. The number of hydrogen-bond donors (Lipinski definition) is 0. The monoisotopic (exact) mass is 246 g/mol. The molecular weight excluding hydrogens is 240 g/mol. The average Bonchev–Trinajstić information content (AvgIpc) is 2.64. The van der Waals surface area contributed by atoms with E-state index in [0.717, 1.165) is 0 Å². The van der Waals surface area contributed by atoms with Crippen molar-refractivity contribution in [3.63, 3.8) is 0 Å². The minimum atomic E-state index is -3.47. The van der Waals surface area contributed by atoms with Gasteiger partial charge in [-0.3, -0.25) is 4.40 Å². The van der Waals surface area contributed by atoms with Crippen LogP contribution < -0.4 is 0 Å². The molecule has 80 valence electrons. The summed E-state index contributed by atoms with van der Waals surface area (Å²) in [6.45, 7) is 0. The van der Waals surface area contributed by atoms with Crippen molar-refractivity contribution >= 4 is 27.1 Å². The number of sulfone groups is 1. The lowest BCUT2D eigenvalue weighted by atomic mass is 10.7. The first-order valence-electron chi connectivity index (χ1n) is 4.08. The van der Waals surface area contributed by atoms with E-state index in [9.17, 15) is 8.42 Å². The van der Waals surface area contributed by atoms with Gasteiger partial charge in [0.1, 0.15) is 6.33 Å². The third-order valence-electron chi connectivity index (χ3n) is 1.82. The minimum absolute atomic E-state index is 0.0270. The molecule has 0 aliphatic carbocycles. The summed E-state index contributed by atoms with van der Waals surface area (Å²) in [5.74, 6) is -0.132. The molecule has 8 heteroatoms. The standard InChI is InChI=1S/C7H7ClN4O2S/c8-1-4-15(13,14)7-6-11-10-5-12(6)3-2-9-7/h2-3,5H,1,4H2. The third kappa shape index (κ3) is 1.80. The molecule has 0 aromatic carbocycles. The molecule has 2 rings (SSSR count). The molecule has 0 aliphatic rings. The van der Waals surface area contributed by atoms with Crippen molar-refractivity contribution < 1.29 is 8.42 Å². The van der Waals surface area contributed by atoms with Gasteiger partial charge in [-0.25, -0.2) is 13.4 Å². The summed E-state index contributed by atoms with van der Waals surface area (Å²) in [7, 11) is -3.47. The molecule has 0 saturated carbocycles. The minimum Gasteiger partial charge on any atom is -0.285 e. The molecule has 0 bridgehead atoms. The predicted octanol–water partition coefficient (Wildman–Crippen LogP) is 0.137. The zero-order valence-electron chi connectivity index (χ0n) is 7.54. The Hall–Kier alpha value is -1.21. The molecule has 2 aromatic rings. The molecule has 0 saturated heterocycles. The summed E-state index contributed by atoms with van der Waals surface area (Å²) in [5, 5.41) is 7.23. The van der Waals surface area contributed by atoms with Crippen molar-refractivity contribution in [2.75, 3.05) is 11.6 Å². The summed E-state index contributed by atoms with van der Waals surface area (Å²) in [6.07, 6.45) is 4.38. The lowest BCUT2D eigenvalue weighted by molar-refractivity contribution is 0.594. The van der Waals surface area contributed by atoms with Gasteiger partial charge >= 0.3 is 0 Å². The summed E-state index contributed by atoms with van der Waals surface area (Å²) < 4.78 is 24.9. The van der Waals surface area contributed by atoms with Crippen LogP contribution in [0.15, 0.2) is 23.7 Å². The highest BCUT2D eigenvalue weighted by molar-refractivity contribution is 7.91. The predicted molar refractivity (Wildman–Crippen MR) is 53.6 cm³/mol. The first kappa shape index (κ1) is 10.3. The number of nitrogens with zero attached hydrogens (tertiary/aromatic N) is 4. The molecule has 0 amide bonds. The van der Waals surface area contributed by atoms with Crippen LogP contribution in [0.25, 0.3) is 5.65 Å². The smallest absolute Gasteiger partial charge is 0.200 e. The van der Waals surface area contributed by atoms with Gasteiger partial charge in [-0.15, -0.1) is 21.8 Å². The summed E-state index contributed by atoms with van der Waals surface area (Å²) in [5.41, 5.74) is 0.225. The molecule has 2 aromatic heterocycles. The van der Waals surface area contributed by atoms with Gasteiger partial charge in [-0.2, -0.15) is 0 Å². The van der Waals surface area contributed by atoms with Crippen LogP contribution in [-0.2, 0) is 9.84 Å². The van der Waals surface area contributed by atoms with Gasteiger partial charge in [0.15, 0.2) is 5.65 Å². The van der Waals surface area contributed by atoms with Gasteiger partial charge in [-0.1, -0.05) is 0 Å². The number of aromatic nitrogens is 4. The van der Waals surface area contributed by atoms with Crippen molar-refractivity contribution in [3.8, 4) is 0 Å². The summed E-state index contributed by atoms with van der Waals surface area (Å²) in [6, 6.07) is 0. The van der Waals surface area contributed by atoms with Crippen molar-refractivity contribution in [2.24, 2.45) is 0 Å². The van der Waals surface area contributed by atoms with Crippen molar-refractivity contribution in [2.45, 2.75) is 5.03 Å². The highest BCUT2D eigenvalue weighted by atomic mass is 35.5. The first-order valence-corrected chi connectivity index (χ1v) is 6.27. The fraction of sp³-hybridized carbons (Fsp3) is 0.286. The Kier molecular flexibility index (Phi) is 2.57. The largest absolute Gasteiger partial charge is 0.285 e. The molecule has 15 heavy (non-hydrogen) atoms. The van der Waals surface area contributed by atoms with Gasteiger partial charge in [0, 0.05) is 18.3 Å².